The third-order valence-electron chi connectivity index (χ3n) is 2.55. The Hall–Kier alpha value is -1.00. The van der Waals surface area contributed by atoms with Crippen molar-refractivity contribution in [1.82, 2.24) is 15.5 Å². The van der Waals surface area contributed by atoms with Crippen molar-refractivity contribution in [3.8, 4) is 0 Å². The fourth-order valence-corrected chi connectivity index (χ4v) is 1.69. The van der Waals surface area contributed by atoms with Gasteiger partial charge in [0, 0.05) is 11.8 Å². The van der Waals surface area contributed by atoms with Gasteiger partial charge in [0.15, 0.2) is 0 Å². The average Bonchev–Trinajstić information content (AvgIpc) is 2.20. The van der Waals surface area contributed by atoms with Crippen LogP contribution in [0.3, 0.4) is 0 Å². The van der Waals surface area contributed by atoms with E-state index in [4.69, 9.17) is 0 Å². The van der Waals surface area contributed by atoms with E-state index in [0.717, 1.165) is 31.5 Å². The predicted octanol–water partition coefficient (Wildman–Crippen LogP) is 0.0476. The molecule has 70 valence electrons. The lowest BCUT2D eigenvalue weighted by Gasteiger charge is -2.32. The Kier molecular flexibility index (Phi) is 2.24. The highest BCUT2D eigenvalue weighted by Gasteiger charge is 2.31. The van der Waals surface area contributed by atoms with E-state index >= 15 is 0 Å². The molecule has 1 aliphatic heterocycles. The predicted molar refractivity (Wildman–Crippen MR) is 48.0 cm³/mol. The topological polar surface area (TPSA) is 58.0 Å². The average molecular weight is 179 g/mol. The van der Waals surface area contributed by atoms with Crippen LogP contribution >= 0.6 is 0 Å². The molecule has 2 heterocycles. The summed E-state index contributed by atoms with van der Waals surface area (Å²) in [4.78, 5) is 0. The molecule has 0 radical (unpaired) electrons. The van der Waals surface area contributed by atoms with Gasteiger partial charge in [-0.1, -0.05) is 0 Å². The number of hydrogen-bond acceptors (Lipinski definition) is 4. The Balaban J connectivity index is 2.23. The van der Waals surface area contributed by atoms with E-state index in [1.807, 2.05) is 6.07 Å². The third kappa shape index (κ3) is 1.68. The van der Waals surface area contributed by atoms with E-state index in [-0.39, 0.29) is 0 Å². The highest BCUT2D eigenvalue weighted by Crippen LogP contribution is 2.29. The van der Waals surface area contributed by atoms with Crippen molar-refractivity contribution in [2.75, 3.05) is 13.1 Å². The molecule has 0 atom stereocenters. The molecule has 4 nitrogen and oxygen atoms in total. The molecule has 2 N–H and O–H groups in total. The molecule has 1 saturated heterocycles. The Bertz CT molecular complexity index is 269. The van der Waals surface area contributed by atoms with E-state index in [1.54, 1.807) is 12.4 Å². The standard InChI is InChI=1S/C9H13N3O/c13-9(2-5-10-6-3-9)8-1-4-11-12-7-8/h1,4,7,10,13H,2-3,5-6H2. The molecule has 0 saturated carbocycles. The highest BCUT2D eigenvalue weighted by molar-refractivity contribution is 5.16. The quantitative estimate of drug-likeness (QED) is 0.639. The summed E-state index contributed by atoms with van der Waals surface area (Å²) in [5.74, 6) is 0. The SMILES string of the molecule is OC1(c2ccnnc2)CCNCC1. The van der Waals surface area contributed by atoms with Gasteiger partial charge in [-0.3, -0.25) is 0 Å². The number of hydrogen-bond donors (Lipinski definition) is 2. The first-order valence-corrected chi connectivity index (χ1v) is 4.51. The number of aromatic nitrogens is 2. The molecule has 1 fully saturated rings. The minimum absolute atomic E-state index is 0.693. The van der Waals surface area contributed by atoms with Gasteiger partial charge < -0.3 is 10.4 Å². The van der Waals surface area contributed by atoms with Crippen LogP contribution in [0.25, 0.3) is 0 Å². The molecule has 13 heavy (non-hydrogen) atoms. The number of rotatable bonds is 1. The zero-order chi connectivity index (χ0) is 9.15. The molecule has 0 aliphatic carbocycles. The van der Waals surface area contributed by atoms with Crippen molar-refractivity contribution < 1.29 is 5.11 Å². The Morgan fingerprint density at radius 3 is 2.69 bits per heavy atom. The molecule has 0 amide bonds. The van der Waals surface area contributed by atoms with Gasteiger partial charge in [-0.15, -0.1) is 0 Å². The Morgan fingerprint density at radius 2 is 2.08 bits per heavy atom. The lowest BCUT2D eigenvalue weighted by atomic mass is 9.86. The number of aliphatic hydroxyl groups is 1. The van der Waals surface area contributed by atoms with Crippen LogP contribution in [0, 0.1) is 0 Å². The maximum atomic E-state index is 10.2. The van der Waals surface area contributed by atoms with Gasteiger partial charge in [0.1, 0.15) is 0 Å². The van der Waals surface area contributed by atoms with Crippen LogP contribution in [-0.2, 0) is 5.60 Å². The van der Waals surface area contributed by atoms with Crippen LogP contribution in [0.1, 0.15) is 18.4 Å². The van der Waals surface area contributed by atoms with Crippen LogP contribution in [0.4, 0.5) is 0 Å². The Labute approximate surface area is 77.0 Å². The second-order valence-corrected chi connectivity index (χ2v) is 3.41. The van der Waals surface area contributed by atoms with Crippen molar-refractivity contribution in [2.45, 2.75) is 18.4 Å². The molecule has 2 rings (SSSR count). The summed E-state index contributed by atoms with van der Waals surface area (Å²) >= 11 is 0. The highest BCUT2D eigenvalue weighted by atomic mass is 16.3. The van der Waals surface area contributed by atoms with Crippen molar-refractivity contribution in [3.05, 3.63) is 24.0 Å². The van der Waals surface area contributed by atoms with Crippen LogP contribution < -0.4 is 5.32 Å². The summed E-state index contributed by atoms with van der Waals surface area (Å²) < 4.78 is 0. The van der Waals surface area contributed by atoms with Gasteiger partial charge >= 0.3 is 0 Å². The zero-order valence-electron chi connectivity index (χ0n) is 7.40. The van der Waals surface area contributed by atoms with Crippen molar-refractivity contribution in [2.24, 2.45) is 0 Å². The molecular weight excluding hydrogens is 166 g/mol. The molecule has 1 aromatic rings. The van der Waals surface area contributed by atoms with Gasteiger partial charge in [0.2, 0.25) is 0 Å². The molecular formula is C9H13N3O. The second kappa shape index (κ2) is 3.40. The van der Waals surface area contributed by atoms with Crippen LogP contribution in [-0.4, -0.2) is 28.4 Å². The van der Waals surface area contributed by atoms with E-state index in [9.17, 15) is 5.11 Å². The second-order valence-electron chi connectivity index (χ2n) is 3.41. The first-order chi connectivity index (χ1) is 6.31. The molecule has 0 bridgehead atoms. The normalized spacial score (nSPS) is 21.3. The summed E-state index contributed by atoms with van der Waals surface area (Å²) in [6, 6.07) is 1.83. The van der Waals surface area contributed by atoms with Crippen molar-refractivity contribution >= 4 is 0 Å². The van der Waals surface area contributed by atoms with E-state index in [1.165, 1.54) is 0 Å². The lowest BCUT2D eigenvalue weighted by molar-refractivity contribution is 0.00549. The van der Waals surface area contributed by atoms with Crippen LogP contribution in [0.5, 0.6) is 0 Å². The van der Waals surface area contributed by atoms with E-state index in [0.29, 0.717) is 0 Å². The zero-order valence-corrected chi connectivity index (χ0v) is 7.40. The maximum Gasteiger partial charge on any atom is 0.0936 e. The van der Waals surface area contributed by atoms with Crippen molar-refractivity contribution in [1.29, 1.82) is 0 Å². The maximum absolute atomic E-state index is 10.2. The van der Waals surface area contributed by atoms with Gasteiger partial charge in [0.05, 0.1) is 11.8 Å². The molecule has 0 aromatic carbocycles. The Morgan fingerprint density at radius 1 is 1.31 bits per heavy atom. The third-order valence-corrected chi connectivity index (χ3v) is 2.55. The molecule has 1 aromatic heterocycles. The monoisotopic (exact) mass is 179 g/mol. The fourth-order valence-electron chi connectivity index (χ4n) is 1.69. The fraction of sp³-hybridized carbons (Fsp3) is 0.556. The minimum Gasteiger partial charge on any atom is -0.385 e. The molecule has 1 aliphatic rings. The van der Waals surface area contributed by atoms with Gasteiger partial charge in [-0.25, -0.2) is 0 Å². The number of piperidine rings is 1. The molecule has 4 heteroatoms. The van der Waals surface area contributed by atoms with Gasteiger partial charge in [-0.05, 0) is 32.0 Å². The molecule has 0 unspecified atom stereocenters. The van der Waals surface area contributed by atoms with Crippen LogP contribution in [0.15, 0.2) is 18.5 Å². The van der Waals surface area contributed by atoms with Gasteiger partial charge in [-0.2, -0.15) is 10.2 Å². The van der Waals surface area contributed by atoms with E-state index < -0.39 is 5.60 Å². The number of nitrogens with zero attached hydrogens (tertiary/aromatic N) is 2. The minimum atomic E-state index is -0.693. The molecule has 0 spiro atoms. The van der Waals surface area contributed by atoms with E-state index in [2.05, 4.69) is 15.5 Å². The summed E-state index contributed by atoms with van der Waals surface area (Å²) in [5.41, 5.74) is 0.185. The summed E-state index contributed by atoms with van der Waals surface area (Å²) in [5, 5.41) is 20.9. The van der Waals surface area contributed by atoms with Crippen LogP contribution in [0.2, 0.25) is 0 Å². The summed E-state index contributed by atoms with van der Waals surface area (Å²) in [6.07, 6.45) is 4.76. The first kappa shape index (κ1) is 8.59. The summed E-state index contributed by atoms with van der Waals surface area (Å²) in [6.45, 7) is 1.72. The smallest absolute Gasteiger partial charge is 0.0936 e. The van der Waals surface area contributed by atoms with Crippen molar-refractivity contribution in [3.63, 3.8) is 0 Å². The van der Waals surface area contributed by atoms with Gasteiger partial charge in [0.25, 0.3) is 0 Å². The largest absolute Gasteiger partial charge is 0.385 e. The summed E-state index contributed by atoms with van der Waals surface area (Å²) in [7, 11) is 0. The lowest BCUT2D eigenvalue weighted by Crippen LogP contribution is -2.39. The number of nitrogens with one attached hydrogen (secondary N) is 1. The first-order valence-electron chi connectivity index (χ1n) is 4.51.